The molecule has 0 aliphatic rings. The van der Waals surface area contributed by atoms with Crippen LogP contribution in [0.4, 0.5) is 0 Å². The van der Waals surface area contributed by atoms with Gasteiger partial charge in [0.1, 0.15) is 4.29 Å². The minimum Gasteiger partial charge on any atom is -0.116 e. The number of halogens is 6. The monoisotopic (exact) mass is 428 g/mol. The zero-order valence-corrected chi connectivity index (χ0v) is 14.5. The highest BCUT2D eigenvalue weighted by atomic mass is 79.9. The highest BCUT2D eigenvalue weighted by molar-refractivity contribution is 9.11. The first-order valence-electron chi connectivity index (χ1n) is 4.22. The Hall–Kier alpha value is 1.34. The van der Waals surface area contributed by atoms with Crippen molar-refractivity contribution >= 4 is 78.3 Å². The largest absolute Gasteiger partial charge is 0.116 e. The van der Waals surface area contributed by atoms with Crippen molar-refractivity contribution in [1.82, 2.24) is 0 Å². The van der Waals surface area contributed by atoms with Crippen LogP contribution >= 0.6 is 78.3 Å². The van der Waals surface area contributed by atoms with E-state index in [1.54, 1.807) is 23.2 Å². The molecule has 0 rings (SSSR count). The predicted octanol–water partition coefficient (Wildman–Crippen LogP) is 6.14. The second kappa shape index (κ2) is 8.44. The maximum atomic E-state index is 6.20. The molecule has 16 heavy (non-hydrogen) atoms. The normalized spacial score (nSPS) is 21.3. The first kappa shape index (κ1) is 17.3. The molecule has 0 bridgehead atoms. The number of rotatable bonds is 5. The molecule has 0 radical (unpaired) electrons. The molecular formula is C10H10Br2Cl4. The van der Waals surface area contributed by atoms with Crippen LogP contribution in [-0.2, 0) is 0 Å². The SMILES string of the molecule is C[C@](Cl)(/C=C/Br)[C@@H](Cl)/C=C/C(=C/Cl)C(Cl)Br. The minimum atomic E-state index is -0.674. The van der Waals surface area contributed by atoms with Gasteiger partial charge in [-0.15, -0.1) is 34.8 Å². The fourth-order valence-electron chi connectivity index (χ4n) is 0.756. The van der Waals surface area contributed by atoms with Crippen molar-refractivity contribution in [3.8, 4) is 0 Å². The molecule has 0 amide bonds. The summed E-state index contributed by atoms with van der Waals surface area (Å²) in [6.07, 6.45) is 5.24. The van der Waals surface area contributed by atoms with Gasteiger partial charge in [-0.05, 0) is 17.5 Å². The molecule has 0 spiro atoms. The van der Waals surface area contributed by atoms with Crippen LogP contribution in [0.25, 0.3) is 0 Å². The van der Waals surface area contributed by atoms with E-state index >= 15 is 0 Å². The van der Waals surface area contributed by atoms with Crippen molar-refractivity contribution in [2.24, 2.45) is 0 Å². The molecule has 6 heteroatoms. The highest BCUT2D eigenvalue weighted by Crippen LogP contribution is 2.28. The van der Waals surface area contributed by atoms with E-state index in [4.69, 9.17) is 46.4 Å². The van der Waals surface area contributed by atoms with Gasteiger partial charge in [0.25, 0.3) is 0 Å². The van der Waals surface area contributed by atoms with Crippen molar-refractivity contribution in [2.75, 3.05) is 0 Å². The molecule has 0 aromatic rings. The molecule has 3 atom stereocenters. The third-order valence-electron chi connectivity index (χ3n) is 1.76. The highest BCUT2D eigenvalue weighted by Gasteiger charge is 2.25. The van der Waals surface area contributed by atoms with Gasteiger partial charge in [-0.3, -0.25) is 0 Å². The quantitative estimate of drug-likeness (QED) is 0.362. The first-order chi connectivity index (χ1) is 7.35. The summed E-state index contributed by atoms with van der Waals surface area (Å²) in [6.45, 7) is 1.81. The molecule has 0 aliphatic heterocycles. The topological polar surface area (TPSA) is 0 Å². The van der Waals surface area contributed by atoms with E-state index in [2.05, 4.69) is 31.9 Å². The average molecular weight is 432 g/mol. The van der Waals surface area contributed by atoms with Gasteiger partial charge in [0.2, 0.25) is 0 Å². The summed E-state index contributed by atoms with van der Waals surface area (Å²) < 4.78 is -0.349. The first-order valence-corrected chi connectivity index (χ1v) is 7.74. The average Bonchev–Trinajstić information content (AvgIpc) is 2.17. The molecule has 0 fully saturated rings. The van der Waals surface area contributed by atoms with Crippen LogP contribution in [0.2, 0.25) is 0 Å². The van der Waals surface area contributed by atoms with Gasteiger partial charge in [-0.25, -0.2) is 0 Å². The Morgan fingerprint density at radius 1 is 1.38 bits per heavy atom. The van der Waals surface area contributed by atoms with Crippen molar-refractivity contribution in [1.29, 1.82) is 0 Å². The number of allylic oxidation sites excluding steroid dienone is 4. The third kappa shape index (κ3) is 6.32. The third-order valence-corrected chi connectivity index (χ3v) is 4.13. The summed E-state index contributed by atoms with van der Waals surface area (Å²) in [5.41, 5.74) is 2.10. The van der Waals surface area contributed by atoms with Gasteiger partial charge in [0.05, 0.1) is 10.3 Å². The lowest BCUT2D eigenvalue weighted by Crippen LogP contribution is -2.24. The summed E-state index contributed by atoms with van der Waals surface area (Å²) in [7, 11) is 0. The van der Waals surface area contributed by atoms with Crippen LogP contribution in [0.1, 0.15) is 6.92 Å². The summed E-state index contributed by atoms with van der Waals surface area (Å²) in [5, 5.41) is -0.377. The fraction of sp³-hybridized carbons (Fsp3) is 0.400. The molecule has 92 valence electrons. The van der Waals surface area contributed by atoms with E-state index in [1.165, 1.54) is 5.54 Å². The molecule has 0 aromatic carbocycles. The molecule has 0 saturated heterocycles. The van der Waals surface area contributed by atoms with Gasteiger partial charge in [-0.2, -0.15) is 0 Å². The van der Waals surface area contributed by atoms with Gasteiger partial charge < -0.3 is 0 Å². The summed E-state index contributed by atoms with van der Waals surface area (Å²) in [6, 6.07) is 0. The Morgan fingerprint density at radius 2 is 1.94 bits per heavy atom. The number of hydrogen-bond acceptors (Lipinski definition) is 0. The molecule has 1 unspecified atom stereocenters. The van der Waals surface area contributed by atoms with Crippen molar-refractivity contribution in [3.63, 3.8) is 0 Å². The molecule has 0 aromatic heterocycles. The summed E-state index contributed by atoms with van der Waals surface area (Å²) in [4.78, 5) is 1.00. The van der Waals surface area contributed by atoms with Crippen LogP contribution < -0.4 is 0 Å². The Labute approximate surface area is 133 Å². The summed E-state index contributed by atoms with van der Waals surface area (Å²) in [5.74, 6) is 0. The van der Waals surface area contributed by atoms with E-state index in [-0.39, 0.29) is 9.66 Å². The van der Waals surface area contributed by atoms with Gasteiger partial charge in [-0.1, -0.05) is 61.7 Å². The lowest BCUT2D eigenvalue weighted by atomic mass is 10.1. The van der Waals surface area contributed by atoms with Crippen LogP contribution in [-0.4, -0.2) is 14.5 Å². The molecule has 0 saturated carbocycles. The minimum absolute atomic E-state index is 0.349. The van der Waals surface area contributed by atoms with Crippen LogP contribution in [0.5, 0.6) is 0 Å². The maximum absolute atomic E-state index is 6.20. The standard InChI is InChI=1S/C10H10Br2Cl4/c1-10(16,4-5-11)8(14)3-2-7(6-13)9(12)15/h2-6,8-9H,1H3/b3-2+,5-4+,7-6-/t8-,9?,10-/m0/s1. The van der Waals surface area contributed by atoms with Crippen molar-refractivity contribution in [2.45, 2.75) is 21.5 Å². The second-order valence-electron chi connectivity index (χ2n) is 3.11. The van der Waals surface area contributed by atoms with E-state index in [0.717, 1.165) is 0 Å². The predicted molar refractivity (Wildman–Crippen MR) is 83.6 cm³/mol. The second-order valence-corrected chi connectivity index (χ2v) is 7.03. The van der Waals surface area contributed by atoms with Gasteiger partial charge >= 0.3 is 0 Å². The van der Waals surface area contributed by atoms with E-state index < -0.39 is 4.87 Å². The molecule has 0 aliphatic carbocycles. The van der Waals surface area contributed by atoms with Crippen LogP contribution in [0.15, 0.2) is 34.3 Å². The lowest BCUT2D eigenvalue weighted by Gasteiger charge is -2.21. The van der Waals surface area contributed by atoms with E-state index in [9.17, 15) is 0 Å². The Kier molecular flexibility index (Phi) is 9.15. The van der Waals surface area contributed by atoms with E-state index in [1.807, 2.05) is 6.92 Å². The van der Waals surface area contributed by atoms with Crippen molar-refractivity contribution in [3.05, 3.63) is 34.3 Å². The Morgan fingerprint density at radius 3 is 2.31 bits per heavy atom. The van der Waals surface area contributed by atoms with Gasteiger partial charge in [0, 0.05) is 5.54 Å². The molecule has 0 nitrogen and oxygen atoms in total. The number of alkyl halides is 4. The van der Waals surface area contributed by atoms with E-state index in [0.29, 0.717) is 5.57 Å². The van der Waals surface area contributed by atoms with Crippen LogP contribution in [0, 0.1) is 0 Å². The molecule has 0 heterocycles. The Bertz CT molecular complexity index is 295. The zero-order valence-electron chi connectivity index (χ0n) is 8.31. The fourth-order valence-corrected chi connectivity index (χ4v) is 2.57. The summed E-state index contributed by atoms with van der Waals surface area (Å²) >= 11 is 30.1. The smallest absolute Gasteiger partial charge is 0.114 e. The van der Waals surface area contributed by atoms with Crippen molar-refractivity contribution < 1.29 is 0 Å². The van der Waals surface area contributed by atoms with Crippen LogP contribution in [0.3, 0.4) is 0 Å². The molecule has 0 N–H and O–H groups in total. The lowest BCUT2D eigenvalue weighted by molar-refractivity contribution is 0.800. The zero-order chi connectivity index (χ0) is 12.8. The Balaban J connectivity index is 4.67. The molecular weight excluding hydrogens is 422 g/mol. The number of hydrogen-bond donors (Lipinski definition) is 0. The maximum Gasteiger partial charge on any atom is 0.114 e. The van der Waals surface area contributed by atoms with Gasteiger partial charge in [0.15, 0.2) is 0 Å².